The summed E-state index contributed by atoms with van der Waals surface area (Å²) >= 11 is 0. The number of nitrogen functional groups attached to an aromatic ring is 1. The van der Waals surface area contributed by atoms with E-state index < -0.39 is 4.92 Å². The molecule has 0 atom stereocenters. The van der Waals surface area contributed by atoms with Gasteiger partial charge in [-0.15, -0.1) is 0 Å². The maximum Gasteiger partial charge on any atom is 0.269 e. The Morgan fingerprint density at radius 2 is 1.89 bits per heavy atom. The van der Waals surface area contributed by atoms with E-state index in [9.17, 15) is 10.1 Å². The van der Waals surface area contributed by atoms with Crippen LogP contribution in [0.2, 0.25) is 0 Å². The minimum Gasteiger partial charge on any atom is -0.398 e. The van der Waals surface area contributed by atoms with Gasteiger partial charge in [-0.1, -0.05) is 17.7 Å². The van der Waals surface area contributed by atoms with E-state index >= 15 is 0 Å². The second-order valence-corrected chi connectivity index (χ2v) is 4.36. The molecule has 0 amide bonds. The van der Waals surface area contributed by atoms with Crippen LogP contribution in [0.15, 0.2) is 42.5 Å². The highest BCUT2D eigenvalue weighted by Gasteiger charge is 2.08. The molecule has 2 aromatic rings. The fourth-order valence-corrected chi connectivity index (χ4v) is 1.73. The summed E-state index contributed by atoms with van der Waals surface area (Å²) in [5, 5.41) is 13.9. The molecule has 0 heterocycles. The van der Waals surface area contributed by atoms with Crippen LogP contribution in [0.5, 0.6) is 0 Å². The number of benzene rings is 2. The lowest BCUT2D eigenvalue weighted by Crippen LogP contribution is -2.03. The Balaban J connectivity index is 2.12. The second kappa shape index (κ2) is 5.39. The van der Waals surface area contributed by atoms with E-state index in [1.807, 2.05) is 31.2 Å². The standard InChI is InChI=1S/C14H15N3O2/c1-10-2-4-12(5-3-10)16-9-11-8-13(17(18)19)6-7-14(11)15/h2-8,16H,9,15H2,1H3. The third-order valence-corrected chi connectivity index (χ3v) is 2.87. The molecule has 5 heteroatoms. The predicted octanol–water partition coefficient (Wildman–Crippen LogP) is 3.10. The van der Waals surface area contributed by atoms with Crippen LogP contribution >= 0.6 is 0 Å². The largest absolute Gasteiger partial charge is 0.398 e. The molecule has 0 aliphatic rings. The molecule has 0 aliphatic heterocycles. The lowest BCUT2D eigenvalue weighted by molar-refractivity contribution is -0.384. The van der Waals surface area contributed by atoms with Crippen LogP contribution in [0.1, 0.15) is 11.1 Å². The maximum absolute atomic E-state index is 10.7. The van der Waals surface area contributed by atoms with Gasteiger partial charge in [0.15, 0.2) is 0 Å². The molecule has 2 aromatic carbocycles. The third-order valence-electron chi connectivity index (χ3n) is 2.87. The molecule has 0 aliphatic carbocycles. The van der Waals surface area contributed by atoms with Gasteiger partial charge in [-0.2, -0.15) is 0 Å². The number of non-ortho nitro benzene ring substituents is 1. The summed E-state index contributed by atoms with van der Waals surface area (Å²) in [6.07, 6.45) is 0. The monoisotopic (exact) mass is 257 g/mol. The van der Waals surface area contributed by atoms with Crippen molar-refractivity contribution in [2.24, 2.45) is 0 Å². The molecule has 0 aromatic heterocycles. The van der Waals surface area contributed by atoms with Crippen molar-refractivity contribution in [1.82, 2.24) is 0 Å². The SMILES string of the molecule is Cc1ccc(NCc2cc([N+](=O)[O-])ccc2N)cc1. The van der Waals surface area contributed by atoms with E-state index in [1.54, 1.807) is 6.07 Å². The smallest absolute Gasteiger partial charge is 0.269 e. The van der Waals surface area contributed by atoms with E-state index in [2.05, 4.69) is 5.32 Å². The Labute approximate surface area is 111 Å². The first-order valence-corrected chi connectivity index (χ1v) is 5.89. The average Bonchev–Trinajstić information content (AvgIpc) is 2.39. The summed E-state index contributed by atoms with van der Waals surface area (Å²) in [5.41, 5.74) is 9.27. The molecule has 0 radical (unpaired) electrons. The molecule has 0 unspecified atom stereocenters. The molecule has 2 rings (SSSR count). The highest BCUT2D eigenvalue weighted by Crippen LogP contribution is 2.21. The first kappa shape index (κ1) is 12.9. The van der Waals surface area contributed by atoms with Gasteiger partial charge in [-0.25, -0.2) is 0 Å². The Bertz CT molecular complexity index is 594. The number of hydrogen-bond donors (Lipinski definition) is 2. The summed E-state index contributed by atoms with van der Waals surface area (Å²) in [6, 6.07) is 12.4. The highest BCUT2D eigenvalue weighted by molar-refractivity contribution is 5.55. The van der Waals surface area contributed by atoms with E-state index in [0.29, 0.717) is 12.2 Å². The van der Waals surface area contributed by atoms with Gasteiger partial charge in [-0.05, 0) is 25.1 Å². The zero-order valence-corrected chi connectivity index (χ0v) is 10.6. The number of nitrogens with one attached hydrogen (secondary N) is 1. The topological polar surface area (TPSA) is 81.2 Å². The van der Waals surface area contributed by atoms with Gasteiger partial charge in [0, 0.05) is 35.6 Å². The lowest BCUT2D eigenvalue weighted by atomic mass is 10.1. The third kappa shape index (κ3) is 3.22. The van der Waals surface area contributed by atoms with Crippen molar-refractivity contribution in [3.63, 3.8) is 0 Å². The maximum atomic E-state index is 10.7. The Kier molecular flexibility index (Phi) is 3.66. The summed E-state index contributed by atoms with van der Waals surface area (Å²) in [7, 11) is 0. The Morgan fingerprint density at radius 1 is 1.21 bits per heavy atom. The lowest BCUT2D eigenvalue weighted by Gasteiger charge is -2.09. The normalized spacial score (nSPS) is 10.2. The zero-order valence-electron chi connectivity index (χ0n) is 10.6. The molecule has 0 saturated heterocycles. The van der Waals surface area contributed by atoms with Gasteiger partial charge < -0.3 is 11.1 Å². The fourth-order valence-electron chi connectivity index (χ4n) is 1.73. The molecule has 0 fully saturated rings. The Morgan fingerprint density at radius 3 is 2.53 bits per heavy atom. The van der Waals surface area contributed by atoms with Gasteiger partial charge in [0.05, 0.1) is 4.92 Å². The van der Waals surface area contributed by atoms with Crippen LogP contribution in [-0.4, -0.2) is 4.92 Å². The van der Waals surface area contributed by atoms with Crippen LogP contribution in [0.4, 0.5) is 17.1 Å². The van der Waals surface area contributed by atoms with Crippen LogP contribution in [0, 0.1) is 17.0 Å². The van der Waals surface area contributed by atoms with E-state index in [0.717, 1.165) is 11.3 Å². The number of rotatable bonds is 4. The molecule has 19 heavy (non-hydrogen) atoms. The van der Waals surface area contributed by atoms with Crippen LogP contribution in [0.3, 0.4) is 0 Å². The number of nitrogens with zero attached hydrogens (tertiary/aromatic N) is 1. The van der Waals surface area contributed by atoms with Gasteiger partial charge in [-0.3, -0.25) is 10.1 Å². The zero-order chi connectivity index (χ0) is 13.8. The van der Waals surface area contributed by atoms with E-state index in [1.165, 1.54) is 17.7 Å². The Hall–Kier alpha value is -2.56. The van der Waals surface area contributed by atoms with Crippen molar-refractivity contribution < 1.29 is 4.92 Å². The molecule has 0 bridgehead atoms. The molecule has 0 saturated carbocycles. The summed E-state index contributed by atoms with van der Waals surface area (Å²) in [6.45, 7) is 2.47. The van der Waals surface area contributed by atoms with E-state index in [4.69, 9.17) is 5.73 Å². The van der Waals surface area contributed by atoms with Crippen molar-refractivity contribution >= 4 is 17.1 Å². The molecule has 3 N–H and O–H groups in total. The number of anilines is 2. The minimum absolute atomic E-state index is 0.0508. The molecule has 5 nitrogen and oxygen atoms in total. The summed E-state index contributed by atoms with van der Waals surface area (Å²) < 4.78 is 0. The molecule has 0 spiro atoms. The molecule has 98 valence electrons. The predicted molar refractivity (Wildman–Crippen MR) is 76.0 cm³/mol. The first-order valence-electron chi connectivity index (χ1n) is 5.89. The van der Waals surface area contributed by atoms with Crippen LogP contribution < -0.4 is 11.1 Å². The number of hydrogen-bond acceptors (Lipinski definition) is 4. The van der Waals surface area contributed by atoms with Gasteiger partial charge in [0.25, 0.3) is 5.69 Å². The van der Waals surface area contributed by atoms with E-state index in [-0.39, 0.29) is 5.69 Å². The van der Waals surface area contributed by atoms with Crippen LogP contribution in [0.25, 0.3) is 0 Å². The van der Waals surface area contributed by atoms with Crippen molar-refractivity contribution in [2.45, 2.75) is 13.5 Å². The quantitative estimate of drug-likeness (QED) is 0.501. The first-order chi connectivity index (χ1) is 9.06. The van der Waals surface area contributed by atoms with Crippen molar-refractivity contribution in [2.75, 3.05) is 11.1 Å². The molecular weight excluding hydrogens is 242 g/mol. The molecular formula is C14H15N3O2. The van der Waals surface area contributed by atoms with Crippen LogP contribution in [-0.2, 0) is 6.54 Å². The minimum atomic E-state index is -0.422. The van der Waals surface area contributed by atoms with Crippen molar-refractivity contribution in [1.29, 1.82) is 0 Å². The van der Waals surface area contributed by atoms with Gasteiger partial charge in [0.2, 0.25) is 0 Å². The number of nitro benzene ring substituents is 1. The summed E-state index contributed by atoms with van der Waals surface area (Å²) in [4.78, 5) is 10.3. The number of aryl methyl sites for hydroxylation is 1. The van der Waals surface area contributed by atoms with Gasteiger partial charge in [0.1, 0.15) is 0 Å². The van der Waals surface area contributed by atoms with Gasteiger partial charge >= 0.3 is 0 Å². The van der Waals surface area contributed by atoms with Crippen molar-refractivity contribution in [3.05, 3.63) is 63.7 Å². The average molecular weight is 257 g/mol. The summed E-state index contributed by atoms with van der Waals surface area (Å²) in [5.74, 6) is 0. The number of nitro groups is 1. The second-order valence-electron chi connectivity index (χ2n) is 4.36. The number of nitrogens with two attached hydrogens (primary N) is 1. The van der Waals surface area contributed by atoms with Crippen molar-refractivity contribution in [3.8, 4) is 0 Å². The fraction of sp³-hybridized carbons (Fsp3) is 0.143. The highest BCUT2D eigenvalue weighted by atomic mass is 16.6.